The maximum Gasteiger partial charge on any atom is 0.195 e. The van der Waals surface area contributed by atoms with E-state index < -0.39 is 0 Å². The highest BCUT2D eigenvalue weighted by Gasteiger charge is 2.33. The van der Waals surface area contributed by atoms with Gasteiger partial charge in [0.05, 0.1) is 5.69 Å². The van der Waals surface area contributed by atoms with Gasteiger partial charge in [-0.3, -0.25) is 4.40 Å². The molecule has 0 bridgehead atoms. The number of nitrogens with zero attached hydrogens (tertiary/aromatic N) is 3. The van der Waals surface area contributed by atoms with Crippen LogP contribution in [0.3, 0.4) is 0 Å². The van der Waals surface area contributed by atoms with Crippen molar-refractivity contribution < 1.29 is 0 Å². The van der Waals surface area contributed by atoms with E-state index in [9.17, 15) is 0 Å². The van der Waals surface area contributed by atoms with Gasteiger partial charge in [-0.1, -0.05) is 20.8 Å². The quantitative estimate of drug-likeness (QED) is 0.946. The van der Waals surface area contributed by atoms with Crippen molar-refractivity contribution in [1.82, 2.24) is 9.38 Å². The van der Waals surface area contributed by atoms with Gasteiger partial charge in [-0.2, -0.15) is 0 Å². The fourth-order valence-electron chi connectivity index (χ4n) is 3.10. The summed E-state index contributed by atoms with van der Waals surface area (Å²) >= 11 is 1.70. The van der Waals surface area contributed by atoms with Crippen LogP contribution >= 0.6 is 11.3 Å². The largest absolute Gasteiger partial charge is 0.355 e. The van der Waals surface area contributed by atoms with Gasteiger partial charge in [0.2, 0.25) is 0 Å². The summed E-state index contributed by atoms with van der Waals surface area (Å²) in [6.07, 6.45) is 4.26. The molecule has 1 aliphatic rings. The minimum absolute atomic E-state index is 0.375. The molecule has 0 amide bonds. The van der Waals surface area contributed by atoms with E-state index in [2.05, 4.69) is 41.6 Å². The minimum atomic E-state index is 0.375. The van der Waals surface area contributed by atoms with Crippen molar-refractivity contribution in [3.8, 4) is 0 Å². The number of aromatic nitrogens is 2. The van der Waals surface area contributed by atoms with Crippen LogP contribution < -0.4 is 10.6 Å². The Labute approximate surface area is 124 Å². The number of rotatable bonds is 3. The molecule has 5 heteroatoms. The first-order valence-corrected chi connectivity index (χ1v) is 8.28. The number of hydrogen-bond donors (Lipinski definition) is 1. The van der Waals surface area contributed by atoms with Gasteiger partial charge in [-0.25, -0.2) is 4.98 Å². The lowest BCUT2D eigenvalue weighted by molar-refractivity contribution is 0.263. The Kier molecular flexibility index (Phi) is 3.50. The molecule has 0 aromatic carbocycles. The second-order valence-corrected chi connectivity index (χ2v) is 7.65. The maximum atomic E-state index is 5.79. The molecule has 0 radical (unpaired) electrons. The summed E-state index contributed by atoms with van der Waals surface area (Å²) in [5.41, 5.74) is 7.44. The van der Waals surface area contributed by atoms with Gasteiger partial charge >= 0.3 is 0 Å². The van der Waals surface area contributed by atoms with Crippen molar-refractivity contribution in [3.63, 3.8) is 0 Å². The zero-order valence-corrected chi connectivity index (χ0v) is 13.4. The lowest BCUT2D eigenvalue weighted by Gasteiger charge is -2.27. The average molecular weight is 292 g/mol. The smallest absolute Gasteiger partial charge is 0.195 e. The fourth-order valence-corrected chi connectivity index (χ4v) is 3.83. The van der Waals surface area contributed by atoms with E-state index in [1.54, 1.807) is 11.3 Å². The summed E-state index contributed by atoms with van der Waals surface area (Å²) in [5, 5.41) is 2.09. The summed E-state index contributed by atoms with van der Waals surface area (Å²) in [6, 6.07) is 0. The Morgan fingerprint density at radius 3 is 2.90 bits per heavy atom. The monoisotopic (exact) mass is 292 g/mol. The third-order valence-corrected chi connectivity index (χ3v) is 5.19. The molecule has 0 aliphatic carbocycles. The highest BCUT2D eigenvalue weighted by Crippen LogP contribution is 2.36. The normalized spacial score (nSPS) is 20.2. The van der Waals surface area contributed by atoms with Gasteiger partial charge in [0.15, 0.2) is 10.8 Å². The first-order valence-electron chi connectivity index (χ1n) is 7.40. The molecule has 1 atom stereocenters. The van der Waals surface area contributed by atoms with Crippen molar-refractivity contribution in [3.05, 3.63) is 17.3 Å². The molecule has 2 aromatic rings. The van der Waals surface area contributed by atoms with Crippen LogP contribution in [0.25, 0.3) is 4.96 Å². The zero-order chi connectivity index (χ0) is 14.3. The average Bonchev–Trinajstić information content (AvgIpc) is 3.03. The first kappa shape index (κ1) is 13.9. The van der Waals surface area contributed by atoms with E-state index in [1.807, 2.05) is 0 Å². The number of hydrogen-bond acceptors (Lipinski definition) is 4. The van der Waals surface area contributed by atoms with Gasteiger partial charge in [0, 0.05) is 31.1 Å². The van der Waals surface area contributed by atoms with E-state index >= 15 is 0 Å². The van der Waals surface area contributed by atoms with E-state index in [1.165, 1.54) is 12.1 Å². The second-order valence-electron chi connectivity index (χ2n) is 6.77. The van der Waals surface area contributed by atoms with Gasteiger partial charge in [-0.15, -0.1) is 11.3 Å². The first-order chi connectivity index (χ1) is 9.50. The number of anilines is 1. The van der Waals surface area contributed by atoms with Crippen LogP contribution in [0.2, 0.25) is 0 Å². The van der Waals surface area contributed by atoms with Gasteiger partial charge < -0.3 is 10.6 Å². The Balaban J connectivity index is 1.91. The van der Waals surface area contributed by atoms with Crippen molar-refractivity contribution in [2.45, 2.75) is 33.6 Å². The lowest BCUT2D eigenvalue weighted by atomic mass is 9.80. The van der Waals surface area contributed by atoms with Crippen LogP contribution in [-0.2, 0) is 6.42 Å². The predicted molar refractivity (Wildman–Crippen MR) is 85.6 cm³/mol. The SMILES string of the molecule is CC(C)(C)C1CCN(c2nc3sccn3c2CCN)C1. The molecule has 2 N–H and O–H groups in total. The highest BCUT2D eigenvalue weighted by atomic mass is 32.1. The number of thiazole rings is 1. The fraction of sp³-hybridized carbons (Fsp3) is 0.667. The second kappa shape index (κ2) is 5.04. The van der Waals surface area contributed by atoms with Crippen molar-refractivity contribution in [1.29, 1.82) is 0 Å². The number of nitrogens with two attached hydrogens (primary N) is 1. The maximum absolute atomic E-state index is 5.79. The van der Waals surface area contributed by atoms with Crippen molar-refractivity contribution in [2.24, 2.45) is 17.1 Å². The molecule has 2 aromatic heterocycles. The van der Waals surface area contributed by atoms with Crippen LogP contribution in [0.15, 0.2) is 11.6 Å². The molecule has 1 unspecified atom stereocenters. The minimum Gasteiger partial charge on any atom is -0.355 e. The number of fused-ring (bicyclic) bond motifs is 1. The summed E-state index contributed by atoms with van der Waals surface area (Å²) < 4.78 is 2.21. The zero-order valence-electron chi connectivity index (χ0n) is 12.6. The van der Waals surface area contributed by atoms with Crippen LogP contribution in [0.5, 0.6) is 0 Å². The Hall–Kier alpha value is -1.07. The summed E-state index contributed by atoms with van der Waals surface area (Å²) in [7, 11) is 0. The molecule has 1 saturated heterocycles. The van der Waals surface area contributed by atoms with Crippen LogP contribution in [-0.4, -0.2) is 29.0 Å². The molecule has 1 aliphatic heterocycles. The predicted octanol–water partition coefficient (Wildman–Crippen LogP) is 2.77. The van der Waals surface area contributed by atoms with Gasteiger partial charge in [-0.05, 0) is 24.3 Å². The van der Waals surface area contributed by atoms with E-state index in [-0.39, 0.29) is 0 Å². The molecule has 3 heterocycles. The van der Waals surface area contributed by atoms with Crippen LogP contribution in [0, 0.1) is 11.3 Å². The summed E-state index contributed by atoms with van der Waals surface area (Å²) in [5.74, 6) is 1.90. The molecule has 0 spiro atoms. The van der Waals surface area contributed by atoms with Crippen LogP contribution in [0.4, 0.5) is 5.82 Å². The molecule has 1 fully saturated rings. The Morgan fingerprint density at radius 1 is 1.45 bits per heavy atom. The van der Waals surface area contributed by atoms with Crippen molar-refractivity contribution in [2.75, 3.05) is 24.5 Å². The summed E-state index contributed by atoms with van der Waals surface area (Å²) in [6.45, 7) is 9.93. The molecule has 0 saturated carbocycles. The van der Waals surface area contributed by atoms with E-state index in [0.717, 1.165) is 36.2 Å². The van der Waals surface area contributed by atoms with E-state index in [0.29, 0.717) is 12.0 Å². The van der Waals surface area contributed by atoms with E-state index in [4.69, 9.17) is 10.7 Å². The third kappa shape index (κ3) is 2.33. The standard InChI is InChI=1S/C15H24N4S/c1-15(2,3)11-5-7-18(10-11)13-12(4-6-16)19-8-9-20-14(19)17-13/h8-9,11H,4-7,10,16H2,1-3H3. The molecule has 3 rings (SSSR count). The van der Waals surface area contributed by atoms with Gasteiger partial charge in [0.25, 0.3) is 0 Å². The van der Waals surface area contributed by atoms with Gasteiger partial charge in [0.1, 0.15) is 0 Å². The van der Waals surface area contributed by atoms with Crippen molar-refractivity contribution >= 4 is 22.1 Å². The molecular weight excluding hydrogens is 268 g/mol. The van der Waals surface area contributed by atoms with Crippen LogP contribution in [0.1, 0.15) is 32.9 Å². The molecule has 20 heavy (non-hydrogen) atoms. The number of imidazole rings is 1. The molecule has 4 nitrogen and oxygen atoms in total. The Morgan fingerprint density at radius 2 is 2.25 bits per heavy atom. The lowest BCUT2D eigenvalue weighted by Crippen LogP contribution is -2.27. The Bertz CT molecular complexity index is 593. The highest BCUT2D eigenvalue weighted by molar-refractivity contribution is 7.15. The third-order valence-electron chi connectivity index (χ3n) is 4.43. The molecular formula is C15H24N4S. The summed E-state index contributed by atoms with van der Waals surface area (Å²) in [4.78, 5) is 8.39. The topological polar surface area (TPSA) is 46.6 Å². The molecule has 110 valence electrons.